The number of methoxy groups -OCH3 is 1. The predicted molar refractivity (Wildman–Crippen MR) is 126 cm³/mol. The molecule has 1 N–H and O–H groups in total. The molecule has 3 rings (SSSR count). The van der Waals surface area contributed by atoms with Crippen LogP contribution in [0.4, 0.5) is 11.4 Å². The van der Waals surface area contributed by atoms with Crippen LogP contribution in [-0.4, -0.2) is 51.7 Å². The second-order valence-electron chi connectivity index (χ2n) is 8.36. The Bertz CT molecular complexity index is 1020. The maximum Gasteiger partial charge on any atom is 0.264 e. The van der Waals surface area contributed by atoms with Crippen molar-refractivity contribution in [2.24, 2.45) is 5.10 Å². The first-order valence-electron chi connectivity index (χ1n) is 10.4. The molecule has 1 heterocycles. The molecule has 1 aliphatic rings. The quantitative estimate of drug-likeness (QED) is 0.272. The summed E-state index contributed by atoms with van der Waals surface area (Å²) in [7, 11) is -0.388. The van der Waals surface area contributed by atoms with E-state index in [2.05, 4.69) is 30.9 Å². The third kappa shape index (κ3) is 5.37. The van der Waals surface area contributed by atoms with Gasteiger partial charge in [-0.1, -0.05) is 32.0 Å². The number of hydrogen-bond donors (Lipinski definition) is 1. The molecule has 0 saturated heterocycles. The fourth-order valence-electron chi connectivity index (χ4n) is 4.09. The number of hydrogen-bond acceptors (Lipinski definition) is 6. The number of hydrazone groups is 1. The molecule has 1 unspecified atom stereocenters. The van der Waals surface area contributed by atoms with Crippen LogP contribution in [0.3, 0.4) is 0 Å². The van der Waals surface area contributed by atoms with E-state index in [1.807, 2.05) is 54.7 Å². The van der Waals surface area contributed by atoms with E-state index in [4.69, 9.17) is 14.4 Å². The van der Waals surface area contributed by atoms with Gasteiger partial charge in [-0.05, 0) is 48.7 Å². The van der Waals surface area contributed by atoms with Gasteiger partial charge in [0.25, 0.3) is 10.1 Å². The maximum atomic E-state index is 11.1. The first kappa shape index (κ1) is 23.1. The molecule has 2 aromatic carbocycles. The Hall–Kier alpha value is -2.58. The summed E-state index contributed by atoms with van der Waals surface area (Å²) in [5.74, 6) is 0.578. The Balaban J connectivity index is 1.80. The molecule has 8 heteroatoms. The normalized spacial score (nSPS) is 17.7. The third-order valence-electron chi connectivity index (χ3n) is 5.86. The minimum atomic E-state index is -3.93. The highest BCUT2D eigenvalue weighted by atomic mass is 32.2. The molecule has 0 fully saturated rings. The Morgan fingerprint density at radius 2 is 1.84 bits per heavy atom. The van der Waals surface area contributed by atoms with Crippen LogP contribution in [0.5, 0.6) is 5.75 Å². The SMILES string of the molecule is COc1ccc(N(C)N=CC2N(CCCCS(=O)(=O)O)c3ccccc3C2(C)C)cc1. The highest BCUT2D eigenvalue weighted by Gasteiger charge is 2.43. The van der Waals surface area contributed by atoms with Crippen molar-refractivity contribution in [3.05, 3.63) is 54.1 Å². The second kappa shape index (κ2) is 9.28. The van der Waals surface area contributed by atoms with Gasteiger partial charge in [-0.3, -0.25) is 9.56 Å². The van der Waals surface area contributed by atoms with Crippen LogP contribution < -0.4 is 14.6 Å². The van der Waals surface area contributed by atoms with Gasteiger partial charge in [0, 0.05) is 30.9 Å². The Morgan fingerprint density at radius 3 is 2.48 bits per heavy atom. The predicted octanol–water partition coefficient (Wildman–Crippen LogP) is 3.95. The molecule has 1 aliphatic heterocycles. The van der Waals surface area contributed by atoms with E-state index in [9.17, 15) is 8.42 Å². The van der Waals surface area contributed by atoms with Crippen LogP contribution in [0, 0.1) is 0 Å². The summed E-state index contributed by atoms with van der Waals surface area (Å²) in [5.41, 5.74) is 3.17. The third-order valence-corrected chi connectivity index (χ3v) is 6.67. The zero-order chi connectivity index (χ0) is 22.6. The van der Waals surface area contributed by atoms with Crippen molar-refractivity contribution < 1.29 is 17.7 Å². The lowest BCUT2D eigenvalue weighted by Gasteiger charge is -2.32. The molecule has 0 bridgehead atoms. The largest absolute Gasteiger partial charge is 0.497 e. The standard InChI is InChI=1S/C23H31N3O4S/c1-23(2)20-9-5-6-10-21(20)26(15-7-8-16-31(27,28)29)22(23)17-24-25(3)18-11-13-19(30-4)14-12-18/h5-6,9-14,17,22H,7-8,15-16H2,1-4H3,(H,27,28,29). The first-order chi connectivity index (χ1) is 14.6. The number of ether oxygens (including phenoxy) is 1. The van der Waals surface area contributed by atoms with Gasteiger partial charge in [0.15, 0.2) is 0 Å². The highest BCUT2D eigenvalue weighted by Crippen LogP contribution is 2.44. The number of nitrogens with zero attached hydrogens (tertiary/aromatic N) is 3. The Morgan fingerprint density at radius 1 is 1.16 bits per heavy atom. The van der Waals surface area contributed by atoms with Gasteiger partial charge in [-0.15, -0.1) is 0 Å². The van der Waals surface area contributed by atoms with Crippen molar-refractivity contribution in [2.75, 3.05) is 36.4 Å². The summed E-state index contributed by atoms with van der Waals surface area (Å²) < 4.78 is 36.3. The Labute approximate surface area is 185 Å². The molecule has 168 valence electrons. The average molecular weight is 446 g/mol. The molecule has 0 saturated carbocycles. The minimum absolute atomic E-state index is 0.0105. The molecular weight excluding hydrogens is 414 g/mol. The molecule has 0 spiro atoms. The van der Waals surface area contributed by atoms with Crippen LogP contribution in [0.15, 0.2) is 53.6 Å². The second-order valence-corrected chi connectivity index (χ2v) is 9.93. The van der Waals surface area contributed by atoms with Crippen LogP contribution in [0.2, 0.25) is 0 Å². The van der Waals surface area contributed by atoms with Gasteiger partial charge in [-0.25, -0.2) is 0 Å². The van der Waals surface area contributed by atoms with Crippen LogP contribution in [0.25, 0.3) is 0 Å². The average Bonchev–Trinajstić information content (AvgIpc) is 2.95. The zero-order valence-electron chi connectivity index (χ0n) is 18.5. The van der Waals surface area contributed by atoms with Crippen LogP contribution in [-0.2, 0) is 15.5 Å². The summed E-state index contributed by atoms with van der Waals surface area (Å²) in [4.78, 5) is 2.28. The lowest BCUT2D eigenvalue weighted by atomic mass is 9.81. The van der Waals surface area contributed by atoms with Gasteiger partial charge in [0.05, 0.1) is 24.6 Å². The van der Waals surface area contributed by atoms with Crippen molar-refractivity contribution in [3.63, 3.8) is 0 Å². The number of unbranched alkanes of at least 4 members (excludes halogenated alkanes) is 1. The Kier molecular flexibility index (Phi) is 6.91. The van der Waals surface area contributed by atoms with Crippen molar-refractivity contribution >= 4 is 27.7 Å². The molecule has 31 heavy (non-hydrogen) atoms. The fraction of sp³-hybridized carbons (Fsp3) is 0.435. The first-order valence-corrected chi connectivity index (χ1v) is 12.0. The fourth-order valence-corrected chi connectivity index (χ4v) is 4.66. The number of fused-ring (bicyclic) bond motifs is 1. The van der Waals surface area contributed by atoms with Crippen molar-refractivity contribution in [1.82, 2.24) is 0 Å². The van der Waals surface area contributed by atoms with Crippen molar-refractivity contribution in [2.45, 2.75) is 38.1 Å². The lowest BCUT2D eigenvalue weighted by Crippen LogP contribution is -2.43. The smallest absolute Gasteiger partial charge is 0.264 e. The van der Waals surface area contributed by atoms with Crippen molar-refractivity contribution in [1.29, 1.82) is 0 Å². The summed E-state index contributed by atoms with van der Waals surface area (Å²) >= 11 is 0. The molecular formula is C23H31N3O4S. The number of anilines is 2. The van der Waals surface area contributed by atoms with Crippen molar-refractivity contribution in [3.8, 4) is 5.75 Å². The van der Waals surface area contributed by atoms with Gasteiger partial charge >= 0.3 is 0 Å². The van der Waals surface area contributed by atoms with Gasteiger partial charge < -0.3 is 9.64 Å². The van der Waals surface area contributed by atoms with E-state index < -0.39 is 10.1 Å². The van der Waals surface area contributed by atoms with Gasteiger partial charge in [0.1, 0.15) is 5.75 Å². The van der Waals surface area contributed by atoms with Crippen LogP contribution in [0.1, 0.15) is 32.3 Å². The highest BCUT2D eigenvalue weighted by molar-refractivity contribution is 7.85. The number of para-hydroxylation sites is 1. The van der Waals surface area contributed by atoms with Gasteiger partial charge in [-0.2, -0.15) is 13.5 Å². The van der Waals surface area contributed by atoms with Crippen LogP contribution >= 0.6 is 0 Å². The van der Waals surface area contributed by atoms with Gasteiger partial charge in [0.2, 0.25) is 0 Å². The molecule has 0 aliphatic carbocycles. The van der Waals surface area contributed by atoms with E-state index in [1.54, 1.807) is 7.11 Å². The molecule has 0 radical (unpaired) electrons. The number of benzene rings is 2. The van der Waals surface area contributed by atoms with E-state index in [0.717, 1.165) is 17.1 Å². The summed E-state index contributed by atoms with van der Waals surface area (Å²) in [5, 5.41) is 6.55. The molecule has 2 aromatic rings. The lowest BCUT2D eigenvalue weighted by molar-refractivity contribution is 0.415. The molecule has 0 aromatic heterocycles. The summed E-state index contributed by atoms with van der Waals surface area (Å²) in [6.45, 7) is 5.08. The van der Waals surface area contributed by atoms with E-state index in [0.29, 0.717) is 19.4 Å². The van der Waals surface area contributed by atoms with E-state index in [1.165, 1.54) is 5.56 Å². The molecule has 0 amide bonds. The monoisotopic (exact) mass is 445 g/mol. The zero-order valence-corrected chi connectivity index (χ0v) is 19.3. The minimum Gasteiger partial charge on any atom is -0.497 e. The topological polar surface area (TPSA) is 82.4 Å². The van der Waals surface area contributed by atoms with E-state index >= 15 is 0 Å². The van der Waals surface area contributed by atoms with E-state index in [-0.39, 0.29) is 17.2 Å². The summed E-state index contributed by atoms with van der Waals surface area (Å²) in [6, 6.07) is 16.0. The summed E-state index contributed by atoms with van der Waals surface area (Å²) in [6.07, 6.45) is 3.03. The maximum absolute atomic E-state index is 11.1. The number of rotatable bonds is 9. The molecule has 1 atom stereocenters. The molecule has 7 nitrogen and oxygen atoms in total.